The zero-order valence-corrected chi connectivity index (χ0v) is 21.1. The van der Waals surface area contributed by atoms with Gasteiger partial charge in [0.05, 0.1) is 23.2 Å². The van der Waals surface area contributed by atoms with E-state index in [0.29, 0.717) is 13.2 Å². The highest BCUT2D eigenvalue weighted by atomic mass is 32.1. The second-order valence-corrected chi connectivity index (χ2v) is 10.5. The van der Waals surface area contributed by atoms with E-state index in [0.717, 1.165) is 69.6 Å². The van der Waals surface area contributed by atoms with Gasteiger partial charge in [0.15, 0.2) is 0 Å². The van der Waals surface area contributed by atoms with E-state index in [2.05, 4.69) is 33.5 Å². The number of nitrogens with one attached hydrogen (secondary N) is 2. The van der Waals surface area contributed by atoms with Crippen molar-refractivity contribution in [2.75, 3.05) is 26.2 Å². The van der Waals surface area contributed by atoms with Gasteiger partial charge in [0, 0.05) is 11.4 Å². The van der Waals surface area contributed by atoms with Crippen LogP contribution in [0.5, 0.6) is 5.75 Å². The third-order valence-corrected chi connectivity index (χ3v) is 8.15. The van der Waals surface area contributed by atoms with Crippen molar-refractivity contribution < 1.29 is 14.3 Å². The molecule has 2 aliphatic heterocycles. The monoisotopic (exact) mass is 484 g/mol. The Morgan fingerprint density at radius 1 is 1.18 bits per heavy atom. The average molecular weight is 485 g/mol. The van der Waals surface area contributed by atoms with Crippen molar-refractivity contribution in [3.8, 4) is 5.75 Å². The van der Waals surface area contributed by atoms with E-state index in [9.17, 15) is 9.59 Å². The molecule has 3 heterocycles. The van der Waals surface area contributed by atoms with Crippen molar-refractivity contribution >= 4 is 23.2 Å². The number of rotatable bonds is 2. The van der Waals surface area contributed by atoms with Gasteiger partial charge in [0.1, 0.15) is 18.4 Å². The molecule has 184 valence electrons. The summed E-state index contributed by atoms with van der Waals surface area (Å²) >= 11 is 1.70. The van der Waals surface area contributed by atoms with Crippen molar-refractivity contribution in [1.82, 2.24) is 20.5 Å². The lowest BCUT2D eigenvalue weighted by Crippen LogP contribution is -2.53. The second kappa shape index (κ2) is 11.3. The van der Waals surface area contributed by atoms with Crippen molar-refractivity contribution in [2.24, 2.45) is 5.41 Å². The van der Waals surface area contributed by atoms with Crippen LogP contribution >= 0.6 is 11.3 Å². The summed E-state index contributed by atoms with van der Waals surface area (Å²) in [5.41, 5.74) is 3.76. The number of hydrogen-bond acceptors (Lipinski definition) is 6. The summed E-state index contributed by atoms with van der Waals surface area (Å²) in [6.45, 7) is 7.28. The molecule has 0 unspecified atom stereocenters. The molecule has 0 bridgehead atoms. The standard InChI is InChI=1S/C26H36N4O3S/c1-19-23(34-18-28-19)17-30-14-11-26(12-15-30)10-6-5-8-21-7-3-4-9-22(21)33-16-13-27-24(31)20(2)29-25(26)32/h3-4,7,9,18,20H,5-6,8,10-17H2,1-2H3,(H,27,31)(H,29,32)/t20-/m0/s1. The third kappa shape index (κ3) is 5.96. The summed E-state index contributed by atoms with van der Waals surface area (Å²) in [4.78, 5) is 34.2. The zero-order valence-electron chi connectivity index (χ0n) is 20.3. The molecule has 34 heavy (non-hydrogen) atoms. The Hall–Kier alpha value is -2.45. The molecule has 1 saturated heterocycles. The quantitative estimate of drug-likeness (QED) is 0.682. The van der Waals surface area contributed by atoms with Crippen LogP contribution < -0.4 is 15.4 Å². The lowest BCUT2D eigenvalue weighted by atomic mass is 9.73. The number of benzene rings is 1. The molecule has 8 heteroatoms. The summed E-state index contributed by atoms with van der Waals surface area (Å²) < 4.78 is 5.93. The van der Waals surface area contributed by atoms with Crippen molar-refractivity contribution in [3.05, 3.63) is 45.9 Å². The maximum absolute atomic E-state index is 13.5. The van der Waals surface area contributed by atoms with Crippen LogP contribution in [0.3, 0.4) is 0 Å². The number of aromatic nitrogens is 1. The number of aryl methyl sites for hydroxylation is 2. The number of fused-ring (bicyclic) bond motifs is 1. The van der Waals surface area contributed by atoms with Crippen molar-refractivity contribution in [3.63, 3.8) is 0 Å². The first-order valence-corrected chi connectivity index (χ1v) is 13.3. The van der Waals surface area contributed by atoms with Crippen LogP contribution in [0.2, 0.25) is 0 Å². The SMILES string of the molecule is Cc1ncsc1CN1CCC2(CCCCc3ccccc3OCCNC(=O)[C@H](C)NC2=O)CC1. The van der Waals surface area contributed by atoms with Gasteiger partial charge >= 0.3 is 0 Å². The molecule has 0 aliphatic carbocycles. The third-order valence-electron chi connectivity index (χ3n) is 7.23. The lowest BCUT2D eigenvalue weighted by molar-refractivity contribution is -0.138. The molecule has 1 fully saturated rings. The largest absolute Gasteiger partial charge is 0.491 e. The van der Waals surface area contributed by atoms with Gasteiger partial charge in [0.2, 0.25) is 11.8 Å². The minimum absolute atomic E-state index is 0.0234. The maximum Gasteiger partial charge on any atom is 0.242 e. The molecular weight excluding hydrogens is 448 g/mol. The summed E-state index contributed by atoms with van der Waals surface area (Å²) in [6.07, 6.45) is 5.36. The Balaban J connectivity index is 1.46. The molecule has 2 aliphatic rings. The van der Waals surface area contributed by atoms with E-state index >= 15 is 0 Å². The molecule has 1 atom stereocenters. The highest BCUT2D eigenvalue weighted by molar-refractivity contribution is 7.09. The molecule has 4 rings (SSSR count). The first-order chi connectivity index (χ1) is 16.5. The number of piperidine rings is 1. The van der Waals surface area contributed by atoms with Gasteiger partial charge in [-0.2, -0.15) is 0 Å². The van der Waals surface area contributed by atoms with Crippen LogP contribution in [0.25, 0.3) is 0 Å². The zero-order chi connectivity index (χ0) is 24.0. The first kappa shape index (κ1) is 24.7. The molecule has 2 amide bonds. The van der Waals surface area contributed by atoms with E-state index in [4.69, 9.17) is 4.74 Å². The van der Waals surface area contributed by atoms with E-state index in [-0.39, 0.29) is 11.8 Å². The summed E-state index contributed by atoms with van der Waals surface area (Å²) in [6, 6.07) is 7.54. The molecular formula is C26H36N4O3S. The summed E-state index contributed by atoms with van der Waals surface area (Å²) in [7, 11) is 0. The number of likely N-dealkylation sites (tertiary alicyclic amines) is 1. The Morgan fingerprint density at radius 3 is 2.74 bits per heavy atom. The molecule has 2 N–H and O–H groups in total. The van der Waals surface area contributed by atoms with Gasteiger partial charge < -0.3 is 15.4 Å². The van der Waals surface area contributed by atoms with Gasteiger partial charge in [-0.1, -0.05) is 24.6 Å². The first-order valence-electron chi connectivity index (χ1n) is 12.4. The fourth-order valence-corrected chi connectivity index (χ4v) is 5.76. The summed E-state index contributed by atoms with van der Waals surface area (Å²) in [5, 5.41) is 5.92. The Kier molecular flexibility index (Phi) is 8.21. The number of thiazole rings is 1. The van der Waals surface area contributed by atoms with Crippen LogP contribution in [0.15, 0.2) is 29.8 Å². The van der Waals surface area contributed by atoms with E-state index in [1.54, 1.807) is 18.3 Å². The number of para-hydroxylation sites is 1. The molecule has 0 radical (unpaired) electrons. The van der Waals surface area contributed by atoms with E-state index in [1.165, 1.54) is 10.4 Å². The van der Waals surface area contributed by atoms with Crippen molar-refractivity contribution in [2.45, 2.75) is 65.0 Å². The number of carbonyl (C=O) groups excluding carboxylic acids is 2. The summed E-state index contributed by atoms with van der Waals surface area (Å²) in [5.74, 6) is 0.735. The second-order valence-electron chi connectivity index (χ2n) is 9.57. The Labute approximate surface area is 206 Å². The van der Waals surface area contributed by atoms with Gasteiger partial charge in [-0.25, -0.2) is 4.98 Å². The van der Waals surface area contributed by atoms with Crippen LogP contribution in [-0.2, 0) is 22.6 Å². The molecule has 7 nitrogen and oxygen atoms in total. The fraction of sp³-hybridized carbons (Fsp3) is 0.577. The van der Waals surface area contributed by atoms with E-state index in [1.807, 2.05) is 23.7 Å². The highest BCUT2D eigenvalue weighted by Gasteiger charge is 2.41. The smallest absolute Gasteiger partial charge is 0.242 e. The van der Waals surface area contributed by atoms with Crippen LogP contribution in [-0.4, -0.2) is 54.0 Å². The minimum atomic E-state index is -0.570. The number of nitrogens with zero attached hydrogens (tertiary/aromatic N) is 2. The maximum atomic E-state index is 13.5. The predicted octanol–water partition coefficient (Wildman–Crippen LogP) is 3.46. The number of amides is 2. The van der Waals surface area contributed by atoms with E-state index < -0.39 is 11.5 Å². The molecule has 1 aromatic carbocycles. The van der Waals surface area contributed by atoms with Gasteiger partial charge in [-0.3, -0.25) is 14.5 Å². The van der Waals surface area contributed by atoms with Crippen molar-refractivity contribution in [1.29, 1.82) is 0 Å². The Bertz CT molecular complexity index is 984. The highest BCUT2D eigenvalue weighted by Crippen LogP contribution is 2.38. The molecule has 0 saturated carbocycles. The minimum Gasteiger partial charge on any atom is -0.491 e. The molecule has 2 aromatic rings. The molecule has 1 spiro atoms. The number of carbonyl (C=O) groups is 2. The predicted molar refractivity (Wildman–Crippen MR) is 134 cm³/mol. The Morgan fingerprint density at radius 2 is 1.97 bits per heavy atom. The average Bonchev–Trinajstić information content (AvgIpc) is 3.24. The van der Waals surface area contributed by atoms with Crippen LogP contribution in [0, 0.1) is 12.3 Å². The van der Waals surface area contributed by atoms with Gasteiger partial charge in [-0.05, 0) is 70.7 Å². The number of ether oxygens (including phenoxy) is 1. The van der Waals surface area contributed by atoms with Gasteiger partial charge in [-0.15, -0.1) is 11.3 Å². The fourth-order valence-electron chi connectivity index (χ4n) is 4.94. The normalized spacial score (nSPS) is 22.6. The number of hydrogen-bond donors (Lipinski definition) is 2. The topological polar surface area (TPSA) is 83.6 Å². The lowest BCUT2D eigenvalue weighted by Gasteiger charge is -2.41. The van der Waals surface area contributed by atoms with Crippen LogP contribution in [0.4, 0.5) is 0 Å². The van der Waals surface area contributed by atoms with Gasteiger partial charge in [0.25, 0.3) is 0 Å². The molecule has 1 aromatic heterocycles. The van der Waals surface area contributed by atoms with Crippen LogP contribution in [0.1, 0.15) is 55.2 Å².